The highest BCUT2D eigenvalue weighted by molar-refractivity contribution is 5.92. The number of aliphatic carboxylic acids is 1. The zero-order chi connectivity index (χ0) is 40.2. The van der Waals surface area contributed by atoms with Gasteiger partial charge in [-0.25, -0.2) is 0 Å². The van der Waals surface area contributed by atoms with Crippen LogP contribution in [0.1, 0.15) is 177 Å². The van der Waals surface area contributed by atoms with Gasteiger partial charge in [0.1, 0.15) is 17.7 Å². The molecule has 7 nitrogen and oxygen atoms in total. The second kappa shape index (κ2) is 14.5. The maximum atomic E-state index is 15.0. The van der Waals surface area contributed by atoms with Crippen molar-refractivity contribution >= 4 is 23.5 Å². The summed E-state index contributed by atoms with van der Waals surface area (Å²) in [5, 5.41) is 20.6. The molecule has 0 heterocycles. The van der Waals surface area contributed by atoms with E-state index in [1.54, 1.807) is 0 Å². The molecule has 314 valence electrons. The molecule has 8 rings (SSSR count). The molecular formula is C49H76O7. The van der Waals surface area contributed by atoms with Gasteiger partial charge in [0.15, 0.2) is 0 Å². The van der Waals surface area contributed by atoms with Crippen LogP contribution in [0.2, 0.25) is 0 Å². The summed E-state index contributed by atoms with van der Waals surface area (Å²) in [4.78, 5) is 55.4. The smallest absolute Gasteiger partial charge is 0.313 e. The van der Waals surface area contributed by atoms with E-state index in [1.807, 2.05) is 0 Å². The van der Waals surface area contributed by atoms with E-state index in [-0.39, 0.29) is 76.0 Å². The number of carbonyl (C=O) groups excluding carboxylic acids is 3. The lowest BCUT2D eigenvalue weighted by atomic mass is 9.39. The van der Waals surface area contributed by atoms with Crippen molar-refractivity contribution in [1.29, 1.82) is 0 Å². The first-order chi connectivity index (χ1) is 26.4. The molecule has 0 amide bonds. The Kier molecular flexibility index (Phi) is 10.6. The number of fused-ring (bicyclic) bond motifs is 10. The fourth-order valence-electron chi connectivity index (χ4n) is 17.8. The third-order valence-corrected chi connectivity index (χ3v) is 20.8. The van der Waals surface area contributed by atoms with Crippen molar-refractivity contribution in [3.8, 4) is 0 Å². The quantitative estimate of drug-likeness (QED) is 0.224. The zero-order valence-corrected chi connectivity index (χ0v) is 36.1. The molecule has 0 aromatic carbocycles. The number of ketones is 2. The molecule has 0 bridgehead atoms. The number of aliphatic hydroxyl groups is 1. The van der Waals surface area contributed by atoms with Crippen molar-refractivity contribution in [3.05, 3.63) is 0 Å². The van der Waals surface area contributed by atoms with Crippen molar-refractivity contribution in [2.75, 3.05) is 0 Å². The van der Waals surface area contributed by atoms with E-state index in [4.69, 9.17) is 4.74 Å². The minimum atomic E-state index is -0.993. The van der Waals surface area contributed by atoms with Crippen LogP contribution in [0.15, 0.2) is 0 Å². The van der Waals surface area contributed by atoms with Gasteiger partial charge in [0.05, 0.1) is 11.5 Å². The SMILES string of the molecule is CCC[C@@H](C)[C@H]1CCC2C3C(=O)CC4(C(=O)O[C@@H]5CC[C@@]6(C)C(CC(=O)[C@H]7[C@@H]8CC[C@H]([C@H](C)CCC(=O)O)[C@@]8(C)CC[C@@H]76)C5)C[C@H](O)CC[C@]4(C)C3CC[C@@]21C. The van der Waals surface area contributed by atoms with Gasteiger partial charge < -0.3 is 14.9 Å². The number of ether oxygens (including phenoxy) is 1. The van der Waals surface area contributed by atoms with Crippen molar-refractivity contribution in [3.63, 3.8) is 0 Å². The Hall–Kier alpha value is -1.76. The summed E-state index contributed by atoms with van der Waals surface area (Å²) in [5.41, 5.74) is -1.08. The van der Waals surface area contributed by atoms with E-state index in [1.165, 1.54) is 19.3 Å². The Labute approximate surface area is 338 Å². The first kappa shape index (κ1) is 41.0. The fraction of sp³-hybridized carbons (Fsp3) is 0.918. The number of carboxylic acid groups (broad SMARTS) is 1. The second-order valence-electron chi connectivity index (χ2n) is 22.8. The van der Waals surface area contributed by atoms with Crippen LogP contribution in [0, 0.1) is 92.2 Å². The highest BCUT2D eigenvalue weighted by Crippen LogP contribution is 2.72. The van der Waals surface area contributed by atoms with E-state index < -0.39 is 17.5 Å². The Bertz CT molecular complexity index is 1570. The van der Waals surface area contributed by atoms with E-state index in [0.717, 1.165) is 64.2 Å². The molecule has 8 fully saturated rings. The summed E-state index contributed by atoms with van der Waals surface area (Å²) < 4.78 is 6.69. The first-order valence-corrected chi connectivity index (χ1v) is 23.6. The summed E-state index contributed by atoms with van der Waals surface area (Å²) in [6.07, 6.45) is 16.2. The largest absolute Gasteiger partial charge is 0.481 e. The lowest BCUT2D eigenvalue weighted by molar-refractivity contribution is -0.213. The molecule has 0 saturated heterocycles. The van der Waals surface area contributed by atoms with Crippen LogP contribution < -0.4 is 0 Å². The Balaban J connectivity index is 0.980. The van der Waals surface area contributed by atoms with Gasteiger partial charge >= 0.3 is 11.9 Å². The standard InChI is InChI=1S/C49H76O7/c1-8-9-28(2)33-11-14-36-43-38(19-22-47(33,36)6)48(7)23-16-31(50)26-49(48,27-40(43)52)44(55)56-32-17-20-45(4)30(24-32)25-39(51)42-35-13-12-34(29(3)10-15-41(53)54)46(35,5)21-18-37(42)45/h28-38,42-43,50H,8-27H2,1-7H3,(H,53,54)/t28-,29-,30?,31-,32-,33-,34-,35+,36?,37+,38?,42+,43?,45+,46-,47-,48-,49?/m1/s1. The summed E-state index contributed by atoms with van der Waals surface area (Å²) in [6.45, 7) is 16.6. The number of hydrogen-bond acceptors (Lipinski definition) is 6. The van der Waals surface area contributed by atoms with Gasteiger partial charge in [-0.3, -0.25) is 19.2 Å². The van der Waals surface area contributed by atoms with Crippen LogP contribution in [-0.4, -0.2) is 45.9 Å². The summed E-state index contributed by atoms with van der Waals surface area (Å²) in [6, 6.07) is 0. The molecule has 0 radical (unpaired) electrons. The predicted octanol–water partition coefficient (Wildman–Crippen LogP) is 10.2. The molecule has 8 aliphatic rings. The third kappa shape index (κ3) is 6.00. The van der Waals surface area contributed by atoms with Gasteiger partial charge in [-0.1, -0.05) is 61.3 Å². The van der Waals surface area contributed by atoms with Gasteiger partial charge in [-0.15, -0.1) is 0 Å². The minimum Gasteiger partial charge on any atom is -0.481 e. The number of carboxylic acids is 1. The number of Topliss-reactive ketones (excluding diaryl/α,β-unsaturated/α-hetero) is 2. The number of esters is 1. The average Bonchev–Trinajstić information content (AvgIpc) is 3.68. The van der Waals surface area contributed by atoms with Gasteiger partial charge in [0.2, 0.25) is 0 Å². The minimum absolute atomic E-state index is 0.00535. The highest BCUT2D eigenvalue weighted by atomic mass is 16.5. The number of aliphatic hydroxyl groups excluding tert-OH is 1. The van der Waals surface area contributed by atoms with Gasteiger partial charge in [-0.05, 0) is 171 Å². The number of rotatable bonds is 9. The summed E-state index contributed by atoms with van der Waals surface area (Å²) in [5.74, 6) is 3.35. The van der Waals surface area contributed by atoms with Crippen LogP contribution in [-0.2, 0) is 23.9 Å². The molecule has 0 aromatic rings. The maximum absolute atomic E-state index is 15.0. The first-order valence-electron chi connectivity index (χ1n) is 23.6. The molecular weight excluding hydrogens is 701 g/mol. The monoisotopic (exact) mass is 777 g/mol. The van der Waals surface area contributed by atoms with E-state index in [9.17, 15) is 29.4 Å². The van der Waals surface area contributed by atoms with E-state index >= 15 is 0 Å². The number of hydrogen-bond donors (Lipinski definition) is 2. The van der Waals surface area contributed by atoms with E-state index in [0.29, 0.717) is 79.3 Å². The van der Waals surface area contributed by atoms with Crippen molar-refractivity contribution in [1.82, 2.24) is 0 Å². The molecule has 2 N–H and O–H groups in total. The molecule has 0 spiro atoms. The third-order valence-electron chi connectivity index (χ3n) is 20.8. The molecule has 0 aliphatic heterocycles. The molecule has 0 aromatic heterocycles. The predicted molar refractivity (Wildman–Crippen MR) is 216 cm³/mol. The van der Waals surface area contributed by atoms with Crippen LogP contribution in [0.5, 0.6) is 0 Å². The normalized spacial score (nSPS) is 50.7. The van der Waals surface area contributed by atoms with Gasteiger partial charge in [0, 0.05) is 31.1 Å². The topological polar surface area (TPSA) is 118 Å². The lowest BCUT2D eigenvalue weighted by Gasteiger charge is -2.64. The molecule has 18 atom stereocenters. The van der Waals surface area contributed by atoms with Crippen LogP contribution in [0.4, 0.5) is 0 Å². The lowest BCUT2D eigenvalue weighted by Crippen LogP contribution is -2.65. The van der Waals surface area contributed by atoms with Crippen molar-refractivity contribution in [2.24, 2.45) is 92.2 Å². The Morgan fingerprint density at radius 2 is 1.30 bits per heavy atom. The fourth-order valence-corrected chi connectivity index (χ4v) is 17.8. The maximum Gasteiger partial charge on any atom is 0.313 e. The average molecular weight is 777 g/mol. The van der Waals surface area contributed by atoms with Crippen molar-refractivity contribution in [2.45, 2.75) is 189 Å². The van der Waals surface area contributed by atoms with Gasteiger partial charge in [0.25, 0.3) is 0 Å². The summed E-state index contributed by atoms with van der Waals surface area (Å²) >= 11 is 0. The zero-order valence-electron chi connectivity index (χ0n) is 36.1. The second-order valence-corrected chi connectivity index (χ2v) is 22.8. The van der Waals surface area contributed by atoms with Gasteiger partial charge in [-0.2, -0.15) is 0 Å². The Morgan fingerprint density at radius 1 is 0.732 bits per heavy atom. The van der Waals surface area contributed by atoms with Crippen LogP contribution >= 0.6 is 0 Å². The number of carbonyl (C=O) groups is 4. The summed E-state index contributed by atoms with van der Waals surface area (Å²) in [7, 11) is 0. The molecule has 5 unspecified atom stereocenters. The van der Waals surface area contributed by atoms with E-state index in [2.05, 4.69) is 48.5 Å². The molecule has 56 heavy (non-hydrogen) atoms. The highest BCUT2D eigenvalue weighted by Gasteiger charge is 2.71. The van der Waals surface area contributed by atoms with Crippen LogP contribution in [0.3, 0.4) is 0 Å². The Morgan fingerprint density at radius 3 is 1.93 bits per heavy atom. The molecule has 8 aliphatic carbocycles. The molecule has 8 saturated carbocycles. The van der Waals surface area contributed by atoms with Crippen molar-refractivity contribution < 1.29 is 34.1 Å². The van der Waals surface area contributed by atoms with Crippen LogP contribution in [0.25, 0.3) is 0 Å². The molecule has 7 heteroatoms.